The Kier molecular flexibility index (Phi) is 9.79. The Morgan fingerprint density at radius 1 is 1.00 bits per heavy atom. The van der Waals surface area contributed by atoms with Crippen molar-refractivity contribution in [3.63, 3.8) is 0 Å². The van der Waals surface area contributed by atoms with Crippen molar-refractivity contribution >= 4 is 21.4 Å². The molecule has 1 heterocycles. The lowest BCUT2D eigenvalue weighted by Crippen LogP contribution is -2.44. The number of ether oxygens (including phenoxy) is 1. The second-order valence-electron chi connectivity index (χ2n) is 9.57. The molecule has 0 radical (unpaired) electrons. The van der Waals surface area contributed by atoms with Crippen LogP contribution < -0.4 is 15.5 Å². The quantitative estimate of drug-likeness (QED) is 0.196. The Morgan fingerprint density at radius 2 is 1.70 bits per heavy atom. The molecule has 1 aliphatic heterocycles. The molecule has 0 aromatic heterocycles. The highest BCUT2D eigenvalue weighted by Gasteiger charge is 2.23. The Labute approximate surface area is 235 Å². The molecular weight excluding hydrogens is 528 g/mol. The van der Waals surface area contributed by atoms with Crippen LogP contribution in [0.1, 0.15) is 22.8 Å². The second-order valence-corrected chi connectivity index (χ2v) is 11.6. The van der Waals surface area contributed by atoms with Crippen molar-refractivity contribution in [3.8, 4) is 28.7 Å². The van der Waals surface area contributed by atoms with Gasteiger partial charge in [-0.25, -0.2) is 13.9 Å². The van der Waals surface area contributed by atoms with Gasteiger partial charge in [-0.05, 0) is 67.1 Å². The highest BCUT2D eigenvalue weighted by molar-refractivity contribution is 7.91. The van der Waals surface area contributed by atoms with Gasteiger partial charge in [0.25, 0.3) is 5.91 Å². The highest BCUT2D eigenvalue weighted by Crippen LogP contribution is 2.31. The number of carbonyl (C=O) groups is 1. The first-order valence-corrected chi connectivity index (χ1v) is 14.6. The van der Waals surface area contributed by atoms with E-state index in [0.29, 0.717) is 18.0 Å². The standard InChI is InChI=1S/C30H34N4O5S/c1-3-4-18-39-26-10-12-27(13-11-26)40(37,38)22-31-29-25(21-34-16-14-33(2)15-17-34)19-24(20-28(29)30(35)32-36)23-8-6-5-7-9-23/h5-13,19-20,31,36H,14-18,21-22H2,1-2H3,(H,32,35). The molecule has 0 bridgehead atoms. The number of nitrogens with one attached hydrogen (secondary N) is 2. The van der Waals surface area contributed by atoms with Gasteiger partial charge in [-0.3, -0.25) is 14.9 Å². The maximum atomic E-state index is 13.3. The first kappa shape index (κ1) is 29.1. The normalized spacial score (nSPS) is 14.2. The van der Waals surface area contributed by atoms with Gasteiger partial charge in [-0.1, -0.05) is 36.3 Å². The molecule has 0 saturated carbocycles. The second kappa shape index (κ2) is 13.5. The molecule has 210 valence electrons. The van der Waals surface area contributed by atoms with Crippen molar-refractivity contribution in [3.05, 3.63) is 77.9 Å². The predicted octanol–water partition coefficient (Wildman–Crippen LogP) is 3.47. The molecule has 40 heavy (non-hydrogen) atoms. The van der Waals surface area contributed by atoms with E-state index in [1.165, 1.54) is 12.1 Å². The summed E-state index contributed by atoms with van der Waals surface area (Å²) in [5.74, 6) is 4.88. The van der Waals surface area contributed by atoms with Crippen molar-refractivity contribution in [1.82, 2.24) is 15.3 Å². The number of amides is 1. The summed E-state index contributed by atoms with van der Waals surface area (Å²) in [5.41, 5.74) is 4.70. The van der Waals surface area contributed by atoms with E-state index in [1.54, 1.807) is 30.6 Å². The summed E-state index contributed by atoms with van der Waals surface area (Å²) in [4.78, 5) is 17.5. The van der Waals surface area contributed by atoms with Gasteiger partial charge in [-0.15, -0.1) is 5.92 Å². The van der Waals surface area contributed by atoms with E-state index in [4.69, 9.17) is 4.74 Å². The molecule has 0 aliphatic carbocycles. The van der Waals surface area contributed by atoms with Gasteiger partial charge in [0.1, 0.15) is 18.2 Å². The summed E-state index contributed by atoms with van der Waals surface area (Å²) in [6, 6.07) is 19.4. The van der Waals surface area contributed by atoms with Crippen molar-refractivity contribution < 1.29 is 23.2 Å². The van der Waals surface area contributed by atoms with Gasteiger partial charge in [0.2, 0.25) is 0 Å². The fraction of sp³-hybridized carbons (Fsp3) is 0.300. The largest absolute Gasteiger partial charge is 0.481 e. The SMILES string of the molecule is CC#CCOc1ccc(S(=O)(=O)CNc2c(CN3CCN(C)CC3)cc(-c3ccccc3)cc2C(=O)NO)cc1. The highest BCUT2D eigenvalue weighted by atomic mass is 32.2. The minimum absolute atomic E-state index is 0.114. The molecule has 10 heteroatoms. The van der Waals surface area contributed by atoms with Gasteiger partial charge >= 0.3 is 0 Å². The maximum Gasteiger partial charge on any atom is 0.276 e. The molecule has 0 unspecified atom stereocenters. The van der Waals surface area contributed by atoms with Gasteiger partial charge < -0.3 is 15.0 Å². The van der Waals surface area contributed by atoms with E-state index in [2.05, 4.69) is 34.0 Å². The maximum absolute atomic E-state index is 13.3. The summed E-state index contributed by atoms with van der Waals surface area (Å²) in [6.07, 6.45) is 0. The van der Waals surface area contributed by atoms with Crippen LogP contribution in [0, 0.1) is 11.8 Å². The molecular formula is C30H34N4O5S. The zero-order valence-corrected chi connectivity index (χ0v) is 23.5. The monoisotopic (exact) mass is 562 g/mol. The van der Waals surface area contributed by atoms with Crippen LogP contribution in [0.5, 0.6) is 5.75 Å². The molecule has 0 atom stereocenters. The molecule has 4 rings (SSSR count). The Balaban J connectivity index is 1.66. The molecule has 1 amide bonds. The van der Waals surface area contributed by atoms with Crippen LogP contribution in [-0.2, 0) is 16.4 Å². The lowest BCUT2D eigenvalue weighted by Gasteiger charge is -2.33. The molecule has 1 fully saturated rings. The van der Waals surface area contributed by atoms with E-state index in [0.717, 1.165) is 42.9 Å². The van der Waals surface area contributed by atoms with E-state index >= 15 is 0 Å². The lowest BCUT2D eigenvalue weighted by atomic mass is 9.96. The summed E-state index contributed by atoms with van der Waals surface area (Å²) in [5, 5.41) is 12.6. The van der Waals surface area contributed by atoms with Gasteiger partial charge in [0, 0.05) is 32.7 Å². The van der Waals surface area contributed by atoms with Crippen LogP contribution in [0.2, 0.25) is 0 Å². The number of hydroxylamine groups is 1. The number of sulfone groups is 1. The van der Waals surface area contributed by atoms with Crippen molar-refractivity contribution in [2.24, 2.45) is 0 Å². The van der Waals surface area contributed by atoms with Crippen molar-refractivity contribution in [2.75, 3.05) is 51.0 Å². The zero-order chi connectivity index (χ0) is 28.5. The molecule has 3 aromatic rings. The Morgan fingerprint density at radius 3 is 2.35 bits per heavy atom. The average molecular weight is 563 g/mol. The number of nitrogens with zero attached hydrogens (tertiary/aromatic N) is 2. The number of piperazine rings is 1. The topological polar surface area (TPSA) is 111 Å². The van der Waals surface area contributed by atoms with Crippen LogP contribution in [-0.4, -0.2) is 75.0 Å². The average Bonchev–Trinajstić information content (AvgIpc) is 2.97. The molecule has 9 nitrogen and oxygen atoms in total. The van der Waals surface area contributed by atoms with Crippen molar-refractivity contribution in [1.29, 1.82) is 0 Å². The predicted molar refractivity (Wildman–Crippen MR) is 155 cm³/mol. The van der Waals surface area contributed by atoms with Gasteiger partial charge in [0.05, 0.1) is 16.1 Å². The summed E-state index contributed by atoms with van der Waals surface area (Å²) in [6.45, 7) is 5.93. The molecule has 1 aliphatic rings. The Hall–Kier alpha value is -3.88. The third-order valence-electron chi connectivity index (χ3n) is 6.77. The number of rotatable bonds is 10. The van der Waals surface area contributed by atoms with Gasteiger partial charge in [-0.2, -0.15) is 0 Å². The zero-order valence-electron chi connectivity index (χ0n) is 22.7. The van der Waals surface area contributed by atoms with Crippen LogP contribution in [0.3, 0.4) is 0 Å². The lowest BCUT2D eigenvalue weighted by molar-refractivity contribution is 0.0707. The fourth-order valence-electron chi connectivity index (χ4n) is 4.50. The number of likely N-dealkylation sites (N-methyl/N-ethyl adjacent to an activating group) is 1. The van der Waals surface area contributed by atoms with E-state index in [-0.39, 0.29) is 17.1 Å². The summed E-state index contributed by atoms with van der Waals surface area (Å²) < 4.78 is 32.0. The van der Waals surface area contributed by atoms with Crippen molar-refractivity contribution in [2.45, 2.75) is 18.4 Å². The van der Waals surface area contributed by atoms with Crippen LogP contribution >= 0.6 is 0 Å². The van der Waals surface area contributed by atoms with Crippen LogP contribution in [0.15, 0.2) is 71.6 Å². The number of hydrogen-bond donors (Lipinski definition) is 3. The first-order chi connectivity index (χ1) is 19.3. The molecule has 0 spiro atoms. The van der Waals surface area contributed by atoms with Crippen LogP contribution in [0.25, 0.3) is 11.1 Å². The third-order valence-corrected chi connectivity index (χ3v) is 8.29. The number of anilines is 1. The molecule has 1 saturated heterocycles. The smallest absolute Gasteiger partial charge is 0.276 e. The minimum Gasteiger partial charge on any atom is -0.481 e. The van der Waals surface area contributed by atoms with E-state index in [9.17, 15) is 18.4 Å². The number of carbonyl (C=O) groups excluding carboxylic acids is 1. The van der Waals surface area contributed by atoms with Gasteiger partial charge in [0.15, 0.2) is 9.84 Å². The third kappa shape index (κ3) is 7.40. The fourth-order valence-corrected chi connectivity index (χ4v) is 5.56. The number of hydrogen-bond acceptors (Lipinski definition) is 8. The summed E-state index contributed by atoms with van der Waals surface area (Å²) in [7, 11) is -1.70. The summed E-state index contributed by atoms with van der Waals surface area (Å²) >= 11 is 0. The Bertz CT molecular complexity index is 1470. The van der Waals surface area contributed by atoms with E-state index < -0.39 is 21.6 Å². The minimum atomic E-state index is -3.78. The van der Waals surface area contributed by atoms with Crippen LogP contribution in [0.4, 0.5) is 5.69 Å². The number of benzene rings is 3. The molecule has 3 aromatic carbocycles. The first-order valence-electron chi connectivity index (χ1n) is 13.0. The van der Waals surface area contributed by atoms with E-state index in [1.807, 2.05) is 36.4 Å². The molecule has 3 N–H and O–H groups in total.